The molecule has 22 heavy (non-hydrogen) atoms. The van der Waals surface area contributed by atoms with E-state index in [2.05, 4.69) is 10.2 Å². The van der Waals surface area contributed by atoms with Crippen LogP contribution in [0.4, 0.5) is 10.1 Å². The summed E-state index contributed by atoms with van der Waals surface area (Å²) in [6.45, 7) is 9.56. The van der Waals surface area contributed by atoms with Crippen molar-refractivity contribution in [2.24, 2.45) is 0 Å². The highest BCUT2D eigenvalue weighted by atomic mass is 19.1. The molecule has 1 amide bonds. The summed E-state index contributed by atoms with van der Waals surface area (Å²) in [5.74, 6) is -0.479. The second-order valence-electron chi connectivity index (χ2n) is 6.81. The highest BCUT2D eigenvalue weighted by Gasteiger charge is 2.32. The van der Waals surface area contributed by atoms with Crippen molar-refractivity contribution in [2.45, 2.75) is 51.9 Å². The molecule has 1 fully saturated rings. The number of benzene rings is 1. The average Bonchev–Trinajstić information content (AvgIpc) is 2.84. The standard InChI is InChI=1S/C17H25FN2O2/c1-12(16(21)19-14-7-5-6-13(18)10-14)20-9-8-15(11-20)22-17(2,3)4/h5-7,10,12,15H,8-9,11H2,1-4H3,(H,19,21)/t12?,15-/m0/s1. The largest absolute Gasteiger partial charge is 0.371 e. The first-order valence-electron chi connectivity index (χ1n) is 7.73. The first-order valence-corrected chi connectivity index (χ1v) is 7.73. The summed E-state index contributed by atoms with van der Waals surface area (Å²) in [5.41, 5.74) is 0.312. The second-order valence-corrected chi connectivity index (χ2v) is 6.81. The van der Waals surface area contributed by atoms with Crippen LogP contribution in [0.1, 0.15) is 34.1 Å². The topological polar surface area (TPSA) is 41.6 Å². The maximum atomic E-state index is 13.2. The van der Waals surface area contributed by atoms with E-state index in [1.165, 1.54) is 12.1 Å². The van der Waals surface area contributed by atoms with Crippen LogP contribution in [0.3, 0.4) is 0 Å². The number of nitrogens with zero attached hydrogens (tertiary/aromatic N) is 1. The monoisotopic (exact) mass is 308 g/mol. The van der Waals surface area contributed by atoms with Gasteiger partial charge in [0.2, 0.25) is 5.91 Å². The lowest BCUT2D eigenvalue weighted by atomic mass is 10.2. The summed E-state index contributed by atoms with van der Waals surface area (Å²) < 4.78 is 19.1. The van der Waals surface area contributed by atoms with Crippen LogP contribution in [0.25, 0.3) is 0 Å². The normalized spacial score (nSPS) is 20.9. The summed E-state index contributed by atoms with van der Waals surface area (Å²) >= 11 is 0. The van der Waals surface area contributed by atoms with Crippen LogP contribution in [0.5, 0.6) is 0 Å². The Morgan fingerprint density at radius 2 is 2.18 bits per heavy atom. The molecule has 2 rings (SSSR count). The van der Waals surface area contributed by atoms with Gasteiger partial charge >= 0.3 is 0 Å². The van der Waals surface area contributed by atoms with Crippen LogP contribution in [0, 0.1) is 5.82 Å². The molecule has 122 valence electrons. The maximum absolute atomic E-state index is 13.2. The molecule has 0 radical (unpaired) electrons. The van der Waals surface area contributed by atoms with Crippen molar-refractivity contribution in [3.8, 4) is 0 Å². The molecule has 1 aromatic rings. The van der Waals surface area contributed by atoms with Gasteiger partial charge in [-0.2, -0.15) is 0 Å². The van der Waals surface area contributed by atoms with Gasteiger partial charge in [-0.1, -0.05) is 6.07 Å². The molecule has 5 heteroatoms. The molecular formula is C17H25FN2O2. The molecule has 0 spiro atoms. The number of halogens is 1. The van der Waals surface area contributed by atoms with Crippen molar-refractivity contribution in [2.75, 3.05) is 18.4 Å². The molecule has 1 aliphatic rings. The van der Waals surface area contributed by atoms with Crippen LogP contribution < -0.4 is 5.32 Å². The van der Waals surface area contributed by atoms with E-state index in [4.69, 9.17) is 4.74 Å². The number of nitrogens with one attached hydrogen (secondary N) is 1. The predicted molar refractivity (Wildman–Crippen MR) is 85.3 cm³/mol. The molecule has 1 unspecified atom stereocenters. The minimum absolute atomic E-state index is 0.123. The van der Waals surface area contributed by atoms with Crippen LogP contribution in [-0.2, 0) is 9.53 Å². The molecule has 4 nitrogen and oxygen atoms in total. The van der Waals surface area contributed by atoms with Crippen LogP contribution in [0.2, 0.25) is 0 Å². The quantitative estimate of drug-likeness (QED) is 0.929. The van der Waals surface area contributed by atoms with Gasteiger partial charge in [0.25, 0.3) is 0 Å². The molecule has 0 aliphatic carbocycles. The highest BCUT2D eigenvalue weighted by molar-refractivity contribution is 5.94. The van der Waals surface area contributed by atoms with Crippen molar-refractivity contribution in [3.63, 3.8) is 0 Å². The van der Waals surface area contributed by atoms with E-state index in [1.54, 1.807) is 12.1 Å². The van der Waals surface area contributed by atoms with Crippen molar-refractivity contribution >= 4 is 11.6 Å². The summed E-state index contributed by atoms with van der Waals surface area (Å²) in [6.07, 6.45) is 1.08. The van der Waals surface area contributed by atoms with E-state index < -0.39 is 0 Å². The van der Waals surface area contributed by atoms with Gasteiger partial charge in [0, 0.05) is 18.8 Å². The summed E-state index contributed by atoms with van der Waals surface area (Å²) in [7, 11) is 0. The highest BCUT2D eigenvalue weighted by Crippen LogP contribution is 2.21. The molecule has 1 heterocycles. The van der Waals surface area contributed by atoms with Gasteiger partial charge in [-0.05, 0) is 52.3 Å². The van der Waals surface area contributed by atoms with Gasteiger partial charge in [-0.15, -0.1) is 0 Å². The third kappa shape index (κ3) is 4.78. The number of rotatable bonds is 4. The predicted octanol–water partition coefficient (Wildman–Crippen LogP) is 3.04. The molecule has 1 aromatic carbocycles. The first kappa shape index (κ1) is 16.9. The zero-order chi connectivity index (χ0) is 16.3. The van der Waals surface area contributed by atoms with Crippen molar-refractivity contribution in [1.29, 1.82) is 0 Å². The van der Waals surface area contributed by atoms with E-state index in [0.717, 1.165) is 19.5 Å². The number of ether oxygens (including phenoxy) is 1. The third-order valence-electron chi connectivity index (χ3n) is 3.72. The number of likely N-dealkylation sites (tertiary alicyclic amines) is 1. The lowest BCUT2D eigenvalue weighted by Crippen LogP contribution is -2.41. The van der Waals surface area contributed by atoms with E-state index in [1.807, 2.05) is 27.7 Å². The van der Waals surface area contributed by atoms with Gasteiger partial charge in [0.1, 0.15) is 5.82 Å². The Bertz CT molecular complexity index is 528. The molecule has 0 saturated carbocycles. The molecule has 0 aromatic heterocycles. The summed E-state index contributed by atoms with van der Waals surface area (Å²) in [5, 5.41) is 2.76. The molecule has 0 bridgehead atoms. The average molecular weight is 308 g/mol. The van der Waals surface area contributed by atoms with E-state index in [-0.39, 0.29) is 29.5 Å². The van der Waals surface area contributed by atoms with Crippen LogP contribution in [0.15, 0.2) is 24.3 Å². The number of hydrogen-bond donors (Lipinski definition) is 1. The van der Waals surface area contributed by atoms with Gasteiger partial charge in [-0.25, -0.2) is 4.39 Å². The minimum Gasteiger partial charge on any atom is -0.371 e. The van der Waals surface area contributed by atoms with Crippen LogP contribution >= 0.6 is 0 Å². The molecule has 1 N–H and O–H groups in total. The molecular weight excluding hydrogens is 283 g/mol. The maximum Gasteiger partial charge on any atom is 0.241 e. The molecule has 1 saturated heterocycles. The lowest BCUT2D eigenvalue weighted by molar-refractivity contribution is -0.120. The Labute approximate surface area is 131 Å². The fourth-order valence-electron chi connectivity index (χ4n) is 2.68. The van der Waals surface area contributed by atoms with Gasteiger partial charge in [-0.3, -0.25) is 9.69 Å². The Morgan fingerprint density at radius 1 is 1.45 bits per heavy atom. The minimum atomic E-state index is -0.356. The Kier molecular flexibility index (Phi) is 5.19. The lowest BCUT2D eigenvalue weighted by Gasteiger charge is -2.26. The van der Waals surface area contributed by atoms with E-state index in [9.17, 15) is 9.18 Å². The zero-order valence-electron chi connectivity index (χ0n) is 13.7. The smallest absolute Gasteiger partial charge is 0.241 e. The summed E-state index contributed by atoms with van der Waals surface area (Å²) in [4.78, 5) is 14.4. The zero-order valence-corrected chi connectivity index (χ0v) is 13.7. The first-order chi connectivity index (χ1) is 10.2. The Balaban J connectivity index is 1.89. The summed E-state index contributed by atoms with van der Waals surface area (Å²) in [6, 6.07) is 5.67. The third-order valence-corrected chi connectivity index (χ3v) is 3.72. The Hall–Kier alpha value is -1.46. The second kappa shape index (κ2) is 6.75. The number of carbonyl (C=O) groups is 1. The SMILES string of the molecule is CC(C(=O)Nc1cccc(F)c1)N1CC[C@H](OC(C)(C)C)C1. The number of amides is 1. The van der Waals surface area contributed by atoms with Crippen LogP contribution in [-0.4, -0.2) is 41.6 Å². The van der Waals surface area contributed by atoms with Gasteiger partial charge in [0.15, 0.2) is 0 Å². The number of anilines is 1. The molecule has 2 atom stereocenters. The number of carbonyl (C=O) groups excluding carboxylic acids is 1. The van der Waals surface area contributed by atoms with E-state index in [0.29, 0.717) is 5.69 Å². The van der Waals surface area contributed by atoms with Crippen molar-refractivity contribution in [3.05, 3.63) is 30.1 Å². The number of hydrogen-bond acceptors (Lipinski definition) is 3. The fourth-order valence-corrected chi connectivity index (χ4v) is 2.68. The Morgan fingerprint density at radius 3 is 2.82 bits per heavy atom. The fraction of sp³-hybridized carbons (Fsp3) is 0.588. The molecule has 1 aliphatic heterocycles. The van der Waals surface area contributed by atoms with E-state index >= 15 is 0 Å². The van der Waals surface area contributed by atoms with Crippen molar-refractivity contribution in [1.82, 2.24) is 4.90 Å². The van der Waals surface area contributed by atoms with Crippen molar-refractivity contribution < 1.29 is 13.9 Å². The van der Waals surface area contributed by atoms with Gasteiger partial charge in [0.05, 0.1) is 17.7 Å². The van der Waals surface area contributed by atoms with Gasteiger partial charge < -0.3 is 10.1 Å².